The standard InChI is InChI=1S/Ar.2O.Si/q;2*-2;+4. The van der Waals surface area contributed by atoms with Gasteiger partial charge in [-0.3, -0.25) is 0 Å². The SMILES string of the molecule is [Ar].[O-2].[O-2].[Si+4]. The van der Waals surface area contributed by atoms with Crippen LogP contribution >= 0.6 is 0 Å². The Hall–Kier alpha value is 1.40. The van der Waals surface area contributed by atoms with Crippen LogP contribution in [0.1, 0.15) is 0 Å². The van der Waals surface area contributed by atoms with E-state index in [1.54, 1.807) is 0 Å². The minimum absolute atomic E-state index is 0. The fraction of sp³-hybridized carbons (Fsp3) is 0. The summed E-state index contributed by atoms with van der Waals surface area (Å²) in [5, 5.41) is 0. The Morgan fingerprint density at radius 3 is 0.750 bits per heavy atom. The first-order chi connectivity index (χ1) is 0. The van der Waals surface area contributed by atoms with Gasteiger partial charge < -0.3 is 11.0 Å². The van der Waals surface area contributed by atoms with E-state index in [-0.39, 0.29) is 59.7 Å². The minimum atomic E-state index is 0. The molecule has 0 aromatic carbocycles. The molecule has 0 aliphatic carbocycles. The normalized spacial score (nSPS) is 0. The molecule has 2 nitrogen and oxygen atoms in total. The molecule has 0 heterocycles. The van der Waals surface area contributed by atoms with Crippen molar-refractivity contribution in [1.29, 1.82) is 0 Å². The van der Waals surface area contributed by atoms with Crippen LogP contribution in [0.25, 0.3) is 0 Å². The summed E-state index contributed by atoms with van der Waals surface area (Å²) < 4.78 is 0. The molecular formula is ArO2Si. The third-order valence-electron chi connectivity index (χ3n) is 0. The van der Waals surface area contributed by atoms with Gasteiger partial charge >= 0.3 is 11.0 Å². The van der Waals surface area contributed by atoms with Crippen LogP contribution in [0, 0.1) is 37.7 Å². The second-order valence-corrected chi connectivity index (χ2v) is 0. The van der Waals surface area contributed by atoms with Crippen LogP contribution in [0.15, 0.2) is 0 Å². The van der Waals surface area contributed by atoms with Gasteiger partial charge in [-0.2, -0.15) is 0 Å². The van der Waals surface area contributed by atoms with Crippen molar-refractivity contribution in [3.8, 4) is 0 Å². The summed E-state index contributed by atoms with van der Waals surface area (Å²) in [6.45, 7) is 0. The molecule has 0 saturated heterocycles. The maximum absolute atomic E-state index is 0. The number of rotatable bonds is 0. The van der Waals surface area contributed by atoms with Crippen LogP contribution in [0.5, 0.6) is 0 Å². The van der Waals surface area contributed by atoms with Gasteiger partial charge in [0.05, 0.1) is 0 Å². The molecule has 4 heteroatoms. The maximum Gasteiger partial charge on any atom is 4.00 e. The smallest absolute Gasteiger partial charge is 2.00 e. The number of hydrogen-bond donors (Lipinski definition) is 0. The van der Waals surface area contributed by atoms with Crippen LogP contribution in [0.4, 0.5) is 0 Å². The average molecular weight is 100 g/mol. The summed E-state index contributed by atoms with van der Waals surface area (Å²) in [4.78, 5) is 0. The topological polar surface area (TPSA) is 57.0 Å². The van der Waals surface area contributed by atoms with Crippen LogP contribution in [0.2, 0.25) is 0 Å². The molecule has 0 spiro atoms. The molecule has 0 fully saturated rings. The summed E-state index contributed by atoms with van der Waals surface area (Å²) in [7, 11) is 0. The van der Waals surface area contributed by atoms with E-state index in [9.17, 15) is 0 Å². The predicted molar refractivity (Wildman–Crippen MR) is 7.13 cm³/mol. The summed E-state index contributed by atoms with van der Waals surface area (Å²) >= 11 is 0. The van der Waals surface area contributed by atoms with Crippen molar-refractivity contribution >= 4 is 11.0 Å². The van der Waals surface area contributed by atoms with Crippen molar-refractivity contribution < 1.29 is 48.7 Å². The van der Waals surface area contributed by atoms with Gasteiger partial charge in [-0.1, -0.05) is 0 Å². The van der Waals surface area contributed by atoms with Gasteiger partial charge in [0.2, 0.25) is 0 Å². The zero-order valence-corrected chi connectivity index (χ0v) is 3.38. The van der Waals surface area contributed by atoms with Gasteiger partial charge in [-0.25, -0.2) is 0 Å². The fourth-order valence-electron chi connectivity index (χ4n) is 0. The van der Waals surface area contributed by atoms with Crippen LogP contribution in [0.3, 0.4) is 0 Å². The predicted octanol–water partition coefficient (Wildman–Crippen LogP) is -0.618. The molecule has 0 aromatic rings. The van der Waals surface area contributed by atoms with E-state index in [0.717, 1.165) is 0 Å². The molecule has 4 heavy (non-hydrogen) atoms. The zero-order chi connectivity index (χ0) is 0. The van der Waals surface area contributed by atoms with Crippen molar-refractivity contribution in [2.24, 2.45) is 0 Å². The van der Waals surface area contributed by atoms with Gasteiger partial charge in [-0.05, 0) is 0 Å². The van der Waals surface area contributed by atoms with Gasteiger partial charge in [-0.15, -0.1) is 0 Å². The average Bonchev–Trinajstić information content (AvgIpc) is 0. The molecule has 0 atom stereocenters. The van der Waals surface area contributed by atoms with Crippen molar-refractivity contribution in [3.63, 3.8) is 0 Å². The van der Waals surface area contributed by atoms with Crippen LogP contribution in [-0.2, 0) is 11.0 Å². The Labute approximate surface area is 59.2 Å². The van der Waals surface area contributed by atoms with Gasteiger partial charge in [0.1, 0.15) is 0 Å². The van der Waals surface area contributed by atoms with E-state index in [1.165, 1.54) is 0 Å². The van der Waals surface area contributed by atoms with Gasteiger partial charge in [0, 0.05) is 37.7 Å². The molecule has 0 aliphatic rings. The Kier molecular flexibility index (Phi) is 348. The summed E-state index contributed by atoms with van der Waals surface area (Å²) in [6, 6.07) is 0. The Balaban J connectivity index is 0. The minimum Gasteiger partial charge on any atom is -2.00 e. The molecule has 24 valence electrons. The van der Waals surface area contributed by atoms with Gasteiger partial charge in [0.25, 0.3) is 0 Å². The molecule has 0 N–H and O–H groups in total. The molecule has 0 saturated carbocycles. The van der Waals surface area contributed by atoms with Crippen LogP contribution in [-0.4, -0.2) is 11.0 Å². The molecule has 0 rings (SSSR count). The van der Waals surface area contributed by atoms with Gasteiger partial charge in [0.15, 0.2) is 0 Å². The molecule has 0 aromatic heterocycles. The first kappa shape index (κ1) is 53.5. The van der Waals surface area contributed by atoms with Crippen LogP contribution < -0.4 is 0 Å². The molecule has 0 bridgehead atoms. The van der Waals surface area contributed by atoms with E-state index in [1.807, 2.05) is 0 Å². The fourth-order valence-corrected chi connectivity index (χ4v) is 0. The maximum atomic E-state index is 0. The van der Waals surface area contributed by atoms with E-state index < -0.39 is 0 Å². The van der Waals surface area contributed by atoms with Crippen molar-refractivity contribution in [1.82, 2.24) is 0 Å². The second-order valence-electron chi connectivity index (χ2n) is 0. The largest absolute Gasteiger partial charge is 4.00 e. The van der Waals surface area contributed by atoms with Crippen molar-refractivity contribution in [2.75, 3.05) is 0 Å². The molecule has 0 aliphatic heterocycles. The monoisotopic (exact) mass is 99.9 g/mol. The van der Waals surface area contributed by atoms with Crippen molar-refractivity contribution in [3.05, 3.63) is 0 Å². The van der Waals surface area contributed by atoms with E-state index in [2.05, 4.69) is 0 Å². The molecular weight excluding hydrogens is 100 g/mol. The summed E-state index contributed by atoms with van der Waals surface area (Å²) in [5.74, 6) is 0. The molecule has 0 amide bonds. The van der Waals surface area contributed by atoms with E-state index >= 15 is 0 Å². The Bertz CT molecular complexity index is 6.00. The Morgan fingerprint density at radius 1 is 0.750 bits per heavy atom. The molecule has 0 radical (unpaired) electrons. The zero-order valence-electron chi connectivity index (χ0n) is 1.67. The first-order valence-electron chi connectivity index (χ1n) is 0. The third kappa shape index (κ3) is 10.0. The summed E-state index contributed by atoms with van der Waals surface area (Å²) in [5.41, 5.74) is 0. The van der Waals surface area contributed by atoms with Crippen molar-refractivity contribution in [2.45, 2.75) is 0 Å². The second kappa shape index (κ2) is 26.0. The Morgan fingerprint density at radius 2 is 0.750 bits per heavy atom. The molecule has 0 unspecified atom stereocenters. The number of hydrogen-bond acceptors (Lipinski definition) is 0. The van der Waals surface area contributed by atoms with E-state index in [0.29, 0.717) is 0 Å². The van der Waals surface area contributed by atoms with E-state index in [4.69, 9.17) is 0 Å². The quantitative estimate of drug-likeness (QED) is 0.364. The first-order valence-corrected chi connectivity index (χ1v) is 0. The summed E-state index contributed by atoms with van der Waals surface area (Å²) in [6.07, 6.45) is 0. The third-order valence-corrected chi connectivity index (χ3v) is 0.